The Balaban J connectivity index is 1.24. The van der Waals surface area contributed by atoms with Gasteiger partial charge in [0.2, 0.25) is 0 Å². The van der Waals surface area contributed by atoms with Crippen molar-refractivity contribution in [3.8, 4) is 11.8 Å². The predicted molar refractivity (Wildman–Crippen MR) is 271 cm³/mol. The third-order valence-electron chi connectivity index (χ3n) is 20.7. The molecular formula is C57H83N5O10. The molecule has 4 saturated carbocycles. The molecule has 72 heavy (non-hydrogen) atoms. The summed E-state index contributed by atoms with van der Waals surface area (Å²) >= 11 is 0. The number of hydrogen-bond donors (Lipinski definition) is 10. The number of nitrogens with two attached hydrogens (primary N) is 2. The Kier molecular flexibility index (Phi) is 14.6. The van der Waals surface area contributed by atoms with Gasteiger partial charge in [0.15, 0.2) is 17.5 Å². The van der Waals surface area contributed by atoms with Gasteiger partial charge in [-0.2, -0.15) is 0 Å². The number of aliphatic hydroxyl groups excluding tert-OH is 4. The molecule has 21 unspecified atom stereocenters. The molecule has 9 rings (SSSR count). The quantitative estimate of drug-likeness (QED) is 0.0508. The van der Waals surface area contributed by atoms with Crippen molar-refractivity contribution in [3.63, 3.8) is 0 Å². The van der Waals surface area contributed by atoms with E-state index in [-0.39, 0.29) is 98.4 Å². The number of fused-ring (bicyclic) bond motifs is 10. The zero-order valence-electron chi connectivity index (χ0n) is 43.4. The number of aliphatic hydroxyl groups is 6. The Morgan fingerprint density at radius 2 is 1.79 bits per heavy atom. The van der Waals surface area contributed by atoms with Crippen molar-refractivity contribution in [2.45, 2.75) is 179 Å². The Bertz CT molecular complexity index is 2380. The van der Waals surface area contributed by atoms with Crippen LogP contribution in [0.4, 0.5) is 0 Å². The maximum atomic E-state index is 15.3. The monoisotopic (exact) mass is 998 g/mol. The van der Waals surface area contributed by atoms with E-state index in [1.54, 1.807) is 6.92 Å². The van der Waals surface area contributed by atoms with Crippen molar-refractivity contribution in [1.29, 1.82) is 0 Å². The largest absolute Gasteiger partial charge is 0.462 e. The molecule has 1 aromatic rings. The van der Waals surface area contributed by atoms with E-state index in [1.807, 2.05) is 25.4 Å². The second kappa shape index (κ2) is 19.9. The van der Waals surface area contributed by atoms with Crippen molar-refractivity contribution in [2.24, 2.45) is 92.4 Å². The number of carbonyl (C=O) groups is 3. The van der Waals surface area contributed by atoms with Crippen LogP contribution in [0.2, 0.25) is 0 Å². The van der Waals surface area contributed by atoms with Crippen molar-refractivity contribution < 1.29 is 49.8 Å². The summed E-state index contributed by atoms with van der Waals surface area (Å²) in [5, 5.41) is 76.9. The summed E-state index contributed by atoms with van der Waals surface area (Å²) in [4.78, 5) is 50.1. The van der Waals surface area contributed by atoms with Crippen molar-refractivity contribution in [1.82, 2.24) is 10.3 Å². The Morgan fingerprint density at radius 1 is 1.03 bits per heavy atom. The molecule has 0 bridgehead atoms. The van der Waals surface area contributed by atoms with Crippen LogP contribution in [0.1, 0.15) is 143 Å². The summed E-state index contributed by atoms with van der Waals surface area (Å²) in [7, 11) is 0. The first-order chi connectivity index (χ1) is 34.1. The number of aromatic nitrogens is 1. The number of carbonyl (C=O) groups excluding carboxylic acids is 3. The normalized spacial score (nSPS) is 45.3. The molecule has 0 radical (unpaired) electrons. The van der Waals surface area contributed by atoms with Gasteiger partial charge in [-0.25, -0.2) is 0 Å². The van der Waals surface area contributed by atoms with Crippen LogP contribution in [0.15, 0.2) is 46.4 Å². The lowest BCUT2D eigenvalue weighted by molar-refractivity contribution is -0.190. The Morgan fingerprint density at radius 3 is 2.47 bits per heavy atom. The summed E-state index contributed by atoms with van der Waals surface area (Å²) in [6, 6.07) is 0.768. The standard InChI is InChI=1S/C57H83N5O10/c1-7-44-46(47(52(69)72-44)35-16-19-60-27-35)33-9-8-10-34-25-57(71)48-39(54(5)26-43(66)42(65)24-40(54)50(68)49(48)62-41(28-63)31(4)64)15-17-56(57,18-20-61-53(58)59)51(34)55(6,70)45(67)22-30(3)36-14-13-32-12-11-29(2)21-37(32)38(36)23-33/h13,16,19,27,29-30,33-34,36-47,51,60,62-63,65-67,70-71H,7,10-12,14-15,17-18,20-26,28H2,1-6H3,(H4,58,59,61). The fourth-order valence-electron chi connectivity index (χ4n) is 17.3. The summed E-state index contributed by atoms with van der Waals surface area (Å²) in [6.45, 7) is 11.0. The van der Waals surface area contributed by atoms with Crippen LogP contribution in [0.3, 0.4) is 0 Å². The molecule has 1 saturated heterocycles. The zero-order valence-corrected chi connectivity index (χ0v) is 43.4. The molecule has 15 heteroatoms. The lowest BCUT2D eigenvalue weighted by atomic mass is 9.44. The summed E-state index contributed by atoms with van der Waals surface area (Å²) in [6.07, 6.45) is 9.12. The van der Waals surface area contributed by atoms with Gasteiger partial charge in [-0.15, -0.1) is 5.92 Å². The van der Waals surface area contributed by atoms with Crippen LogP contribution in [-0.4, -0.2) is 114 Å². The number of allylic oxidation sites excluding steroid dienone is 3. The average molecular weight is 998 g/mol. The molecule has 2 heterocycles. The number of cyclic esters (lactones) is 1. The number of guanidine groups is 1. The number of rotatable bonds is 10. The first-order valence-corrected chi connectivity index (χ1v) is 27.3. The van der Waals surface area contributed by atoms with Crippen molar-refractivity contribution >= 4 is 23.5 Å². The van der Waals surface area contributed by atoms with E-state index >= 15 is 4.79 Å². The summed E-state index contributed by atoms with van der Waals surface area (Å²) in [5.74, 6) is 3.65. The molecule has 8 aliphatic rings. The molecule has 0 spiro atoms. The van der Waals surface area contributed by atoms with Crippen LogP contribution in [0, 0.1) is 87.8 Å². The highest BCUT2D eigenvalue weighted by Crippen LogP contribution is 2.72. The number of H-pyrrole nitrogens is 1. The van der Waals surface area contributed by atoms with Gasteiger partial charge in [-0.3, -0.25) is 19.4 Å². The van der Waals surface area contributed by atoms with E-state index in [0.29, 0.717) is 36.7 Å². The number of ketones is 2. The fraction of sp³-hybridized carbons (Fsp3) is 0.754. The highest BCUT2D eigenvalue weighted by Gasteiger charge is 2.74. The molecule has 0 aromatic carbocycles. The van der Waals surface area contributed by atoms with Crippen molar-refractivity contribution in [3.05, 3.63) is 46.9 Å². The Hall–Kier alpha value is -4.04. The second-order valence-corrected chi connectivity index (χ2v) is 24.6. The number of Topliss-reactive ketones (excluding diaryl/α,β-unsaturated/α-hetero) is 2. The predicted octanol–water partition coefficient (Wildman–Crippen LogP) is 4.54. The van der Waals surface area contributed by atoms with Crippen LogP contribution < -0.4 is 16.8 Å². The molecule has 21 atom stereocenters. The van der Waals surface area contributed by atoms with Crippen molar-refractivity contribution in [2.75, 3.05) is 13.2 Å². The van der Waals surface area contributed by atoms with E-state index in [1.165, 1.54) is 12.5 Å². The second-order valence-electron chi connectivity index (χ2n) is 24.6. The number of nitrogens with one attached hydrogen (secondary N) is 2. The number of aromatic amines is 1. The maximum absolute atomic E-state index is 15.3. The lowest BCUT2D eigenvalue weighted by Gasteiger charge is -2.62. The van der Waals surface area contributed by atoms with Gasteiger partial charge in [0.05, 0.1) is 47.7 Å². The van der Waals surface area contributed by atoms with Gasteiger partial charge in [0.25, 0.3) is 0 Å². The van der Waals surface area contributed by atoms with Crippen LogP contribution in [-0.2, 0) is 19.1 Å². The van der Waals surface area contributed by atoms with E-state index in [0.717, 1.165) is 37.7 Å². The van der Waals surface area contributed by atoms with Gasteiger partial charge >= 0.3 is 5.97 Å². The van der Waals surface area contributed by atoms with Gasteiger partial charge in [-0.1, -0.05) is 45.3 Å². The molecule has 15 nitrogen and oxygen atoms in total. The van der Waals surface area contributed by atoms with E-state index in [2.05, 4.69) is 54.0 Å². The lowest BCUT2D eigenvalue weighted by Crippen LogP contribution is -2.66. The zero-order chi connectivity index (χ0) is 51.8. The SMILES string of the molecule is CCC1OC(=O)C(c2cc[nH]c2)C1C1C#CCC2CC3(O)C4=C(NC(CO)C(C)=O)C(=O)C5CC(O)C(O)CC5(C)C4CCC3(CCN=C(N)N)C2C(C)(O)C(O)CC(C)C2CC=C3CCC(C)CC3C2C1. The minimum Gasteiger partial charge on any atom is -0.462 e. The average Bonchev–Trinajstić information content (AvgIpc) is 4.04. The highest BCUT2D eigenvalue weighted by molar-refractivity contribution is 6.00. The number of esters is 1. The molecule has 7 aliphatic carbocycles. The third kappa shape index (κ3) is 8.69. The van der Waals surface area contributed by atoms with E-state index < -0.39 is 94.1 Å². The number of aliphatic imine (C=N–C) groups is 1. The summed E-state index contributed by atoms with van der Waals surface area (Å²) in [5.41, 5.74) is 8.78. The van der Waals surface area contributed by atoms with Gasteiger partial charge in [0, 0.05) is 54.4 Å². The van der Waals surface area contributed by atoms with Crippen LogP contribution in [0.5, 0.6) is 0 Å². The van der Waals surface area contributed by atoms with Crippen LogP contribution >= 0.6 is 0 Å². The van der Waals surface area contributed by atoms with Gasteiger partial charge in [-0.05, 0) is 161 Å². The first-order valence-electron chi connectivity index (χ1n) is 27.3. The summed E-state index contributed by atoms with van der Waals surface area (Å²) < 4.78 is 6.26. The maximum Gasteiger partial charge on any atom is 0.314 e. The Labute approximate surface area is 425 Å². The molecule has 1 aliphatic heterocycles. The molecule has 5 fully saturated rings. The van der Waals surface area contributed by atoms with Gasteiger partial charge < -0.3 is 57.1 Å². The van der Waals surface area contributed by atoms with Gasteiger partial charge in [0.1, 0.15) is 12.1 Å². The van der Waals surface area contributed by atoms with E-state index in [9.17, 15) is 40.2 Å². The topological polar surface area (TPSA) is 274 Å². The minimum atomic E-state index is -1.90. The molecule has 1 aromatic heterocycles. The molecule has 396 valence electrons. The highest BCUT2D eigenvalue weighted by atomic mass is 16.6. The smallest absolute Gasteiger partial charge is 0.314 e. The third-order valence-corrected chi connectivity index (χ3v) is 20.7. The fourth-order valence-corrected chi connectivity index (χ4v) is 17.3. The molecular weight excluding hydrogens is 915 g/mol. The molecule has 12 N–H and O–H groups in total. The number of nitrogens with zero attached hydrogens (tertiary/aromatic N) is 1. The number of ether oxygens (including phenoxy) is 1. The number of hydrogen-bond acceptors (Lipinski definition) is 12. The van der Waals surface area contributed by atoms with E-state index in [4.69, 9.17) is 16.2 Å². The minimum absolute atomic E-state index is 0.0163. The first kappa shape index (κ1) is 52.8. The van der Waals surface area contributed by atoms with Crippen LogP contribution in [0.25, 0.3) is 0 Å². The molecule has 0 amide bonds.